The Balaban J connectivity index is 2.04. The van der Waals surface area contributed by atoms with Gasteiger partial charge in [-0.1, -0.05) is 12.1 Å². The third kappa shape index (κ3) is 2.95. The van der Waals surface area contributed by atoms with Crippen LogP contribution in [0.5, 0.6) is 0 Å². The largest absolute Gasteiger partial charge is 0.384 e. The van der Waals surface area contributed by atoms with Crippen LogP contribution in [0.25, 0.3) is 0 Å². The predicted molar refractivity (Wildman–Crippen MR) is 69.7 cm³/mol. The predicted octanol–water partition coefficient (Wildman–Crippen LogP) is 1.85. The van der Waals surface area contributed by atoms with E-state index in [1.807, 2.05) is 12.1 Å². The van der Waals surface area contributed by atoms with Gasteiger partial charge in [0.1, 0.15) is 17.5 Å². The monoisotopic (exact) mass is 239 g/mol. The first-order valence-electron chi connectivity index (χ1n) is 5.51. The van der Waals surface area contributed by atoms with E-state index >= 15 is 0 Å². The van der Waals surface area contributed by atoms with E-state index in [1.54, 1.807) is 25.1 Å². The molecule has 0 aliphatic heterocycles. The van der Waals surface area contributed by atoms with Gasteiger partial charge in [0.25, 0.3) is 0 Å². The third-order valence-corrected chi connectivity index (χ3v) is 2.41. The van der Waals surface area contributed by atoms with Crippen LogP contribution in [0.3, 0.4) is 0 Å². The molecule has 1 aromatic carbocycles. The summed E-state index contributed by atoms with van der Waals surface area (Å²) in [6, 6.07) is 11.2. The van der Waals surface area contributed by atoms with Gasteiger partial charge in [-0.25, -0.2) is 9.97 Å². The number of nitrogen functional groups attached to an aromatic ring is 1. The van der Waals surface area contributed by atoms with E-state index in [4.69, 9.17) is 11.0 Å². The Morgan fingerprint density at radius 3 is 2.61 bits per heavy atom. The number of aryl methyl sites for hydroxylation is 1. The Bertz CT molecular complexity index is 563. The fourth-order valence-electron chi connectivity index (χ4n) is 1.57. The van der Waals surface area contributed by atoms with Gasteiger partial charge < -0.3 is 11.1 Å². The smallest absolute Gasteiger partial charge is 0.132 e. The third-order valence-electron chi connectivity index (χ3n) is 2.41. The first kappa shape index (κ1) is 11.9. The minimum atomic E-state index is 0.449. The minimum Gasteiger partial charge on any atom is -0.384 e. The number of nitrogens with one attached hydrogen (secondary N) is 1. The van der Waals surface area contributed by atoms with Crippen molar-refractivity contribution in [2.45, 2.75) is 13.5 Å². The molecule has 0 amide bonds. The number of hydrogen-bond acceptors (Lipinski definition) is 5. The summed E-state index contributed by atoms with van der Waals surface area (Å²) >= 11 is 0. The number of anilines is 2. The molecule has 90 valence electrons. The number of nitrogens with two attached hydrogens (primary N) is 1. The van der Waals surface area contributed by atoms with Crippen LogP contribution in [0.15, 0.2) is 30.3 Å². The lowest BCUT2D eigenvalue weighted by atomic mass is 10.1. The van der Waals surface area contributed by atoms with E-state index < -0.39 is 0 Å². The fourth-order valence-corrected chi connectivity index (χ4v) is 1.57. The van der Waals surface area contributed by atoms with Gasteiger partial charge in [0.15, 0.2) is 0 Å². The molecule has 0 aliphatic rings. The Hall–Kier alpha value is -2.61. The lowest BCUT2D eigenvalue weighted by Crippen LogP contribution is -2.04. The lowest BCUT2D eigenvalue weighted by Gasteiger charge is -2.07. The molecule has 0 aliphatic carbocycles. The molecule has 3 N–H and O–H groups in total. The number of nitrogens with zero attached hydrogens (tertiary/aromatic N) is 3. The van der Waals surface area contributed by atoms with E-state index in [0.717, 1.165) is 5.56 Å². The molecule has 0 saturated carbocycles. The van der Waals surface area contributed by atoms with Gasteiger partial charge in [-0.3, -0.25) is 0 Å². The molecule has 1 aromatic heterocycles. The van der Waals surface area contributed by atoms with Crippen molar-refractivity contribution in [3.8, 4) is 6.07 Å². The highest BCUT2D eigenvalue weighted by Gasteiger charge is 1.99. The fraction of sp³-hybridized carbons (Fsp3) is 0.154. The van der Waals surface area contributed by atoms with Gasteiger partial charge in [0.05, 0.1) is 11.6 Å². The van der Waals surface area contributed by atoms with Gasteiger partial charge in [-0.15, -0.1) is 0 Å². The van der Waals surface area contributed by atoms with Crippen molar-refractivity contribution in [1.82, 2.24) is 9.97 Å². The Morgan fingerprint density at radius 1 is 1.28 bits per heavy atom. The van der Waals surface area contributed by atoms with Crippen LogP contribution >= 0.6 is 0 Å². The Morgan fingerprint density at radius 2 is 2.00 bits per heavy atom. The first-order chi connectivity index (χ1) is 8.67. The molecule has 0 saturated heterocycles. The summed E-state index contributed by atoms with van der Waals surface area (Å²) in [6.45, 7) is 2.42. The van der Waals surface area contributed by atoms with E-state index in [-0.39, 0.29) is 0 Å². The molecular formula is C13H13N5. The second-order valence-electron chi connectivity index (χ2n) is 3.89. The number of aromatic nitrogens is 2. The average Bonchev–Trinajstić information content (AvgIpc) is 2.36. The number of benzene rings is 1. The van der Waals surface area contributed by atoms with Crippen molar-refractivity contribution in [2.75, 3.05) is 11.1 Å². The maximum absolute atomic E-state index is 8.70. The highest BCUT2D eigenvalue weighted by atomic mass is 15.0. The summed E-state index contributed by atoms with van der Waals surface area (Å²) < 4.78 is 0. The summed E-state index contributed by atoms with van der Waals surface area (Å²) in [6.07, 6.45) is 0. The second-order valence-corrected chi connectivity index (χ2v) is 3.89. The van der Waals surface area contributed by atoms with E-state index in [1.165, 1.54) is 0 Å². The van der Waals surface area contributed by atoms with Crippen molar-refractivity contribution >= 4 is 11.6 Å². The minimum absolute atomic E-state index is 0.449. The molecule has 2 aromatic rings. The van der Waals surface area contributed by atoms with E-state index in [2.05, 4.69) is 21.4 Å². The average molecular weight is 239 g/mol. The van der Waals surface area contributed by atoms with Crippen molar-refractivity contribution in [1.29, 1.82) is 5.26 Å². The van der Waals surface area contributed by atoms with Gasteiger partial charge in [-0.2, -0.15) is 5.26 Å². The van der Waals surface area contributed by atoms with Crippen molar-refractivity contribution in [3.63, 3.8) is 0 Å². The van der Waals surface area contributed by atoms with Crippen molar-refractivity contribution in [3.05, 3.63) is 47.3 Å². The van der Waals surface area contributed by atoms with Gasteiger partial charge in [0.2, 0.25) is 0 Å². The van der Waals surface area contributed by atoms with Crippen LogP contribution in [0.4, 0.5) is 11.6 Å². The summed E-state index contributed by atoms with van der Waals surface area (Å²) in [5.41, 5.74) is 7.37. The molecule has 5 nitrogen and oxygen atoms in total. The van der Waals surface area contributed by atoms with Crippen LogP contribution in [-0.4, -0.2) is 9.97 Å². The SMILES string of the molecule is Cc1nc(N)cc(NCc2ccc(C#N)cc2)n1. The summed E-state index contributed by atoms with van der Waals surface area (Å²) in [5.74, 6) is 1.78. The zero-order chi connectivity index (χ0) is 13.0. The van der Waals surface area contributed by atoms with Crippen LogP contribution in [0, 0.1) is 18.3 Å². The molecule has 2 rings (SSSR count). The van der Waals surface area contributed by atoms with Crippen LogP contribution < -0.4 is 11.1 Å². The van der Waals surface area contributed by atoms with Gasteiger partial charge >= 0.3 is 0 Å². The molecule has 18 heavy (non-hydrogen) atoms. The zero-order valence-electron chi connectivity index (χ0n) is 10.0. The van der Waals surface area contributed by atoms with Crippen molar-refractivity contribution in [2.24, 2.45) is 0 Å². The normalized spacial score (nSPS) is 9.78. The highest BCUT2D eigenvalue weighted by Crippen LogP contribution is 2.10. The Labute approximate surface area is 105 Å². The van der Waals surface area contributed by atoms with Crippen molar-refractivity contribution < 1.29 is 0 Å². The molecule has 0 fully saturated rings. The lowest BCUT2D eigenvalue weighted by molar-refractivity contribution is 1.03. The molecule has 0 bridgehead atoms. The van der Waals surface area contributed by atoms with E-state index in [9.17, 15) is 0 Å². The molecule has 5 heteroatoms. The number of rotatable bonds is 3. The summed E-state index contributed by atoms with van der Waals surface area (Å²) in [5, 5.41) is 11.9. The zero-order valence-corrected chi connectivity index (χ0v) is 10.0. The number of hydrogen-bond donors (Lipinski definition) is 2. The quantitative estimate of drug-likeness (QED) is 0.853. The van der Waals surface area contributed by atoms with Gasteiger partial charge in [-0.05, 0) is 24.6 Å². The Kier molecular flexibility index (Phi) is 3.39. The molecule has 1 heterocycles. The van der Waals surface area contributed by atoms with Gasteiger partial charge in [0, 0.05) is 12.6 Å². The number of nitriles is 1. The molecule has 0 spiro atoms. The van der Waals surface area contributed by atoms with Crippen LogP contribution in [-0.2, 0) is 6.54 Å². The highest BCUT2D eigenvalue weighted by molar-refractivity contribution is 5.45. The molecule has 0 atom stereocenters. The summed E-state index contributed by atoms with van der Waals surface area (Å²) in [4.78, 5) is 8.23. The van der Waals surface area contributed by atoms with Crippen LogP contribution in [0.1, 0.15) is 17.0 Å². The standard InChI is InChI=1S/C13H13N5/c1-9-17-12(15)6-13(18-9)16-8-11-4-2-10(7-14)3-5-11/h2-6H,8H2,1H3,(H3,15,16,17,18). The topological polar surface area (TPSA) is 87.6 Å². The molecular weight excluding hydrogens is 226 g/mol. The maximum atomic E-state index is 8.70. The first-order valence-corrected chi connectivity index (χ1v) is 5.51. The maximum Gasteiger partial charge on any atom is 0.132 e. The second kappa shape index (κ2) is 5.15. The van der Waals surface area contributed by atoms with E-state index in [0.29, 0.717) is 29.6 Å². The molecule has 0 radical (unpaired) electrons. The van der Waals surface area contributed by atoms with Crippen LogP contribution in [0.2, 0.25) is 0 Å². The molecule has 0 unspecified atom stereocenters. The summed E-state index contributed by atoms with van der Waals surface area (Å²) in [7, 11) is 0.